The van der Waals surface area contributed by atoms with E-state index in [0.29, 0.717) is 16.9 Å². The number of carbonyl (C=O) groups is 1. The van der Waals surface area contributed by atoms with Gasteiger partial charge in [-0.15, -0.1) is 11.3 Å². The molecule has 1 amide bonds. The third-order valence-electron chi connectivity index (χ3n) is 6.83. The molecule has 3 nitrogen and oxygen atoms in total. The van der Waals surface area contributed by atoms with E-state index >= 15 is 0 Å². The number of nitrogens with zero attached hydrogens (tertiary/aromatic N) is 2. The second-order valence-electron chi connectivity index (χ2n) is 8.16. The van der Waals surface area contributed by atoms with Crippen LogP contribution in [-0.2, 0) is 10.3 Å². The average molecular weight is 347 g/mol. The summed E-state index contributed by atoms with van der Waals surface area (Å²) in [5, 5.41) is 2.24. The number of carbonyl (C=O) groups excluding carboxylic acids is 1. The maximum atomic E-state index is 12.3. The van der Waals surface area contributed by atoms with Crippen molar-refractivity contribution in [3.05, 3.63) is 22.4 Å². The van der Waals surface area contributed by atoms with Crippen LogP contribution in [0.1, 0.15) is 63.2 Å². The molecular formula is C20H30N2OS. The standard InChI is InChI=1S/C20H30N2OS/c1-2-5-18(23)21-14-11-19(16-21)7-9-20(10-8-19,22-12-4-13-22)17-6-3-15-24-17/h3,6,15H,2,4-5,7-14,16H2,1H3. The van der Waals surface area contributed by atoms with Crippen LogP contribution in [-0.4, -0.2) is 41.9 Å². The van der Waals surface area contributed by atoms with Crippen molar-refractivity contribution >= 4 is 17.2 Å². The molecule has 0 bridgehead atoms. The van der Waals surface area contributed by atoms with Crippen molar-refractivity contribution < 1.29 is 4.79 Å². The molecule has 0 aromatic carbocycles. The van der Waals surface area contributed by atoms with E-state index in [-0.39, 0.29) is 0 Å². The van der Waals surface area contributed by atoms with Crippen LogP contribution in [0.3, 0.4) is 0 Å². The van der Waals surface area contributed by atoms with Crippen molar-refractivity contribution in [2.45, 2.75) is 63.8 Å². The van der Waals surface area contributed by atoms with Gasteiger partial charge in [0.05, 0.1) is 5.54 Å². The Bertz CT molecular complexity index is 570. The molecule has 2 aliphatic heterocycles. The first-order valence-electron chi connectivity index (χ1n) is 9.74. The fourth-order valence-electron chi connectivity index (χ4n) is 5.13. The van der Waals surface area contributed by atoms with Crippen molar-refractivity contribution in [1.29, 1.82) is 0 Å². The van der Waals surface area contributed by atoms with E-state index in [1.54, 1.807) is 4.88 Å². The van der Waals surface area contributed by atoms with Crippen LogP contribution in [0, 0.1) is 5.41 Å². The quantitative estimate of drug-likeness (QED) is 0.814. The fourth-order valence-corrected chi connectivity index (χ4v) is 6.14. The van der Waals surface area contributed by atoms with Gasteiger partial charge in [0.25, 0.3) is 0 Å². The molecule has 24 heavy (non-hydrogen) atoms. The van der Waals surface area contributed by atoms with Crippen molar-refractivity contribution in [2.75, 3.05) is 26.2 Å². The van der Waals surface area contributed by atoms with E-state index in [1.807, 2.05) is 11.3 Å². The molecule has 1 saturated carbocycles. The summed E-state index contributed by atoms with van der Waals surface area (Å²) in [5.41, 5.74) is 0.716. The smallest absolute Gasteiger partial charge is 0.222 e. The first-order valence-corrected chi connectivity index (χ1v) is 10.6. The molecule has 1 spiro atoms. The summed E-state index contributed by atoms with van der Waals surface area (Å²) in [4.78, 5) is 18.7. The first kappa shape index (κ1) is 16.6. The Kier molecular flexibility index (Phi) is 4.46. The van der Waals surface area contributed by atoms with Crippen molar-refractivity contribution in [2.24, 2.45) is 5.41 Å². The van der Waals surface area contributed by atoms with Crippen LogP contribution in [0.4, 0.5) is 0 Å². The Hall–Kier alpha value is -0.870. The highest BCUT2D eigenvalue weighted by molar-refractivity contribution is 7.10. The molecule has 0 radical (unpaired) electrons. The average Bonchev–Trinajstić information content (AvgIpc) is 3.19. The molecule has 0 atom stereocenters. The summed E-state index contributed by atoms with van der Waals surface area (Å²) in [6.07, 6.45) is 9.42. The molecule has 0 unspecified atom stereocenters. The summed E-state index contributed by atoms with van der Waals surface area (Å²) >= 11 is 1.94. The lowest BCUT2D eigenvalue weighted by atomic mass is 9.65. The van der Waals surface area contributed by atoms with Crippen LogP contribution in [0.25, 0.3) is 0 Å². The van der Waals surface area contributed by atoms with Crippen molar-refractivity contribution in [3.63, 3.8) is 0 Å². The third-order valence-corrected chi connectivity index (χ3v) is 7.90. The second kappa shape index (κ2) is 6.45. The molecule has 132 valence electrons. The molecule has 3 heterocycles. The molecular weight excluding hydrogens is 316 g/mol. The van der Waals surface area contributed by atoms with Gasteiger partial charge in [-0.2, -0.15) is 0 Å². The summed E-state index contributed by atoms with van der Waals surface area (Å²) in [5.74, 6) is 0.382. The van der Waals surface area contributed by atoms with Gasteiger partial charge in [-0.1, -0.05) is 13.0 Å². The summed E-state index contributed by atoms with van der Waals surface area (Å²) < 4.78 is 0. The van der Waals surface area contributed by atoms with Crippen LogP contribution >= 0.6 is 11.3 Å². The number of hydrogen-bond donors (Lipinski definition) is 0. The predicted octanol–water partition coefficient (Wildman–Crippen LogP) is 4.24. The van der Waals surface area contributed by atoms with Gasteiger partial charge in [-0.3, -0.25) is 9.69 Å². The SMILES string of the molecule is CCCC(=O)N1CCC2(CCC(c3cccs3)(N3CCC3)CC2)C1. The first-order chi connectivity index (χ1) is 11.7. The van der Waals surface area contributed by atoms with Gasteiger partial charge in [0.2, 0.25) is 5.91 Å². The molecule has 4 rings (SSSR count). The molecule has 1 aromatic rings. The molecule has 4 heteroatoms. The Morgan fingerprint density at radius 1 is 1.17 bits per heavy atom. The number of thiophene rings is 1. The topological polar surface area (TPSA) is 23.6 Å². The second-order valence-corrected chi connectivity index (χ2v) is 9.11. The zero-order valence-electron chi connectivity index (χ0n) is 14.9. The molecule has 1 aliphatic carbocycles. The van der Waals surface area contributed by atoms with Gasteiger partial charge < -0.3 is 4.90 Å². The number of amides is 1. The minimum atomic E-state index is 0.304. The van der Waals surface area contributed by atoms with Gasteiger partial charge >= 0.3 is 0 Å². The normalized spacial score (nSPS) is 33.8. The molecule has 2 saturated heterocycles. The van der Waals surface area contributed by atoms with Crippen LogP contribution in [0.5, 0.6) is 0 Å². The Labute approximate surface area is 150 Å². The lowest BCUT2D eigenvalue weighted by molar-refractivity contribution is -0.130. The zero-order valence-corrected chi connectivity index (χ0v) is 15.7. The Morgan fingerprint density at radius 3 is 2.54 bits per heavy atom. The summed E-state index contributed by atoms with van der Waals surface area (Å²) in [7, 11) is 0. The highest BCUT2D eigenvalue weighted by Crippen LogP contribution is 2.54. The lowest BCUT2D eigenvalue weighted by Crippen LogP contribution is -2.55. The largest absolute Gasteiger partial charge is 0.342 e. The lowest BCUT2D eigenvalue weighted by Gasteiger charge is -2.54. The van der Waals surface area contributed by atoms with E-state index < -0.39 is 0 Å². The van der Waals surface area contributed by atoms with Crippen LogP contribution < -0.4 is 0 Å². The fraction of sp³-hybridized carbons (Fsp3) is 0.750. The molecule has 0 N–H and O–H groups in total. The Balaban J connectivity index is 1.47. The van der Waals surface area contributed by atoms with Crippen molar-refractivity contribution in [1.82, 2.24) is 9.80 Å². The minimum absolute atomic E-state index is 0.304. The van der Waals surface area contributed by atoms with E-state index in [1.165, 1.54) is 51.6 Å². The molecule has 1 aromatic heterocycles. The van der Waals surface area contributed by atoms with E-state index in [2.05, 4.69) is 34.2 Å². The molecule has 3 fully saturated rings. The Morgan fingerprint density at radius 2 is 1.96 bits per heavy atom. The summed E-state index contributed by atoms with van der Waals surface area (Å²) in [6, 6.07) is 4.57. The maximum Gasteiger partial charge on any atom is 0.222 e. The number of hydrogen-bond acceptors (Lipinski definition) is 3. The monoisotopic (exact) mass is 346 g/mol. The van der Waals surface area contributed by atoms with Gasteiger partial charge in [-0.25, -0.2) is 0 Å². The highest BCUT2D eigenvalue weighted by atomic mass is 32.1. The molecule has 3 aliphatic rings. The van der Waals surface area contributed by atoms with Gasteiger partial charge in [0.1, 0.15) is 0 Å². The predicted molar refractivity (Wildman–Crippen MR) is 99.2 cm³/mol. The third kappa shape index (κ3) is 2.72. The van der Waals surface area contributed by atoms with E-state index in [9.17, 15) is 4.79 Å². The van der Waals surface area contributed by atoms with Gasteiger partial charge in [0.15, 0.2) is 0 Å². The maximum absolute atomic E-state index is 12.3. The van der Waals surface area contributed by atoms with Crippen LogP contribution in [0.15, 0.2) is 17.5 Å². The van der Waals surface area contributed by atoms with Crippen molar-refractivity contribution in [3.8, 4) is 0 Å². The zero-order chi connectivity index (χ0) is 16.6. The minimum Gasteiger partial charge on any atom is -0.342 e. The summed E-state index contributed by atoms with van der Waals surface area (Å²) in [6.45, 7) is 6.66. The van der Waals surface area contributed by atoms with E-state index in [4.69, 9.17) is 0 Å². The van der Waals surface area contributed by atoms with Gasteiger partial charge in [0, 0.05) is 37.5 Å². The van der Waals surface area contributed by atoms with Gasteiger partial charge in [-0.05, 0) is 61.8 Å². The van der Waals surface area contributed by atoms with E-state index in [0.717, 1.165) is 25.9 Å². The number of likely N-dealkylation sites (tertiary alicyclic amines) is 2. The van der Waals surface area contributed by atoms with Crippen LogP contribution in [0.2, 0.25) is 0 Å². The number of rotatable bonds is 4. The highest BCUT2D eigenvalue weighted by Gasteiger charge is 2.50.